The molecule has 0 radical (unpaired) electrons. The number of methoxy groups -OCH3 is 1. The third-order valence-corrected chi connectivity index (χ3v) is 5.18. The summed E-state index contributed by atoms with van der Waals surface area (Å²) >= 11 is 0. The topological polar surface area (TPSA) is 62.2 Å². The predicted octanol–water partition coefficient (Wildman–Crippen LogP) is 1.38. The molecule has 1 amide bonds. The Morgan fingerprint density at radius 3 is 2.60 bits per heavy atom. The molecule has 1 heterocycles. The van der Waals surface area contributed by atoms with E-state index in [0.717, 1.165) is 32.4 Å². The minimum atomic E-state index is -0.211. The smallest absolute Gasteiger partial charge is 0.257 e. The molecule has 0 bridgehead atoms. The molecule has 1 N–H and O–H groups in total. The molecule has 6 nitrogen and oxygen atoms in total. The highest BCUT2D eigenvalue weighted by atomic mass is 16.5. The summed E-state index contributed by atoms with van der Waals surface area (Å²) in [5.74, 6) is 0.623. The summed E-state index contributed by atoms with van der Waals surface area (Å²) in [5, 5.41) is 10.1. The number of aliphatic hydroxyl groups excluding tert-OH is 1. The van der Waals surface area contributed by atoms with Crippen LogP contribution in [0.5, 0.6) is 5.75 Å². The largest absolute Gasteiger partial charge is 0.490 e. The molecular formula is C19H28N2O4. The number of ether oxygens (including phenoxy) is 2. The van der Waals surface area contributed by atoms with E-state index in [1.165, 1.54) is 0 Å². The van der Waals surface area contributed by atoms with Gasteiger partial charge < -0.3 is 19.5 Å². The van der Waals surface area contributed by atoms with Gasteiger partial charge >= 0.3 is 0 Å². The molecule has 1 aromatic carbocycles. The number of carbonyl (C=O) groups excluding carboxylic acids is 1. The van der Waals surface area contributed by atoms with Crippen molar-refractivity contribution in [2.45, 2.75) is 31.4 Å². The zero-order chi connectivity index (χ0) is 17.6. The Kier molecular flexibility index (Phi) is 6.29. The number of nitrogens with zero attached hydrogens (tertiary/aromatic N) is 2. The molecule has 2 aliphatic rings. The Hall–Kier alpha value is -1.63. The summed E-state index contributed by atoms with van der Waals surface area (Å²) in [6, 6.07) is 7.65. The fourth-order valence-electron chi connectivity index (χ4n) is 3.78. The highest BCUT2D eigenvalue weighted by Gasteiger charge is 2.33. The summed E-state index contributed by atoms with van der Waals surface area (Å²) in [4.78, 5) is 17.1. The Morgan fingerprint density at radius 2 is 1.92 bits per heavy atom. The third kappa shape index (κ3) is 4.32. The first kappa shape index (κ1) is 18.2. The van der Waals surface area contributed by atoms with Gasteiger partial charge in [0.2, 0.25) is 0 Å². The van der Waals surface area contributed by atoms with E-state index in [4.69, 9.17) is 9.47 Å². The highest BCUT2D eigenvalue weighted by Crippen LogP contribution is 2.26. The molecule has 138 valence electrons. The van der Waals surface area contributed by atoms with Crippen LogP contribution in [-0.2, 0) is 4.74 Å². The third-order valence-electron chi connectivity index (χ3n) is 5.18. The summed E-state index contributed by atoms with van der Waals surface area (Å²) in [6.45, 7) is 3.93. The van der Waals surface area contributed by atoms with Crippen LogP contribution in [0.15, 0.2) is 24.3 Å². The summed E-state index contributed by atoms with van der Waals surface area (Å²) in [6.07, 6.45) is 2.84. The molecule has 1 aliphatic heterocycles. The van der Waals surface area contributed by atoms with Crippen LogP contribution in [0.25, 0.3) is 0 Å². The van der Waals surface area contributed by atoms with Gasteiger partial charge in [-0.15, -0.1) is 0 Å². The van der Waals surface area contributed by atoms with E-state index in [1.807, 2.05) is 29.2 Å². The van der Waals surface area contributed by atoms with Gasteiger partial charge in [-0.2, -0.15) is 0 Å². The second kappa shape index (κ2) is 8.65. The van der Waals surface area contributed by atoms with Crippen LogP contribution >= 0.6 is 0 Å². The van der Waals surface area contributed by atoms with E-state index in [2.05, 4.69) is 4.90 Å². The van der Waals surface area contributed by atoms with Crippen LogP contribution in [0.4, 0.5) is 0 Å². The molecule has 25 heavy (non-hydrogen) atoms. The van der Waals surface area contributed by atoms with Crippen molar-refractivity contribution in [3.05, 3.63) is 29.8 Å². The van der Waals surface area contributed by atoms with Crippen LogP contribution in [0.2, 0.25) is 0 Å². The van der Waals surface area contributed by atoms with Crippen molar-refractivity contribution < 1.29 is 19.4 Å². The number of hydrogen-bond acceptors (Lipinski definition) is 5. The van der Waals surface area contributed by atoms with Gasteiger partial charge in [-0.1, -0.05) is 12.1 Å². The summed E-state index contributed by atoms with van der Waals surface area (Å²) in [5.41, 5.74) is 0.605. The van der Waals surface area contributed by atoms with E-state index in [9.17, 15) is 9.90 Å². The Morgan fingerprint density at radius 1 is 1.16 bits per heavy atom. The number of amides is 1. The van der Waals surface area contributed by atoms with Crippen LogP contribution in [0, 0.1) is 0 Å². The number of carbonyl (C=O) groups is 1. The van der Waals surface area contributed by atoms with E-state index < -0.39 is 0 Å². The monoisotopic (exact) mass is 348 g/mol. The minimum Gasteiger partial charge on any atom is -0.490 e. The van der Waals surface area contributed by atoms with E-state index in [-0.39, 0.29) is 18.1 Å². The maximum Gasteiger partial charge on any atom is 0.257 e. The average Bonchev–Trinajstić information content (AvgIpc) is 3.08. The zero-order valence-electron chi connectivity index (χ0n) is 14.9. The van der Waals surface area contributed by atoms with Crippen molar-refractivity contribution in [2.24, 2.45) is 0 Å². The molecule has 1 aliphatic carbocycles. The van der Waals surface area contributed by atoms with Gasteiger partial charge in [0.05, 0.1) is 18.3 Å². The Bertz CT molecular complexity index is 572. The number of benzene rings is 1. The SMILES string of the molecule is COCCOc1ccccc1C(=O)N1CCN([C@H]2CCC[C@@H]2O)CC1. The molecular weight excluding hydrogens is 320 g/mol. The summed E-state index contributed by atoms with van der Waals surface area (Å²) < 4.78 is 10.7. The predicted molar refractivity (Wildman–Crippen MR) is 94.9 cm³/mol. The van der Waals surface area contributed by atoms with Crippen LogP contribution in [0.3, 0.4) is 0 Å². The minimum absolute atomic E-state index is 0.0136. The Labute approximate surface area is 149 Å². The fraction of sp³-hybridized carbons (Fsp3) is 0.632. The lowest BCUT2D eigenvalue weighted by Gasteiger charge is -2.39. The first-order valence-corrected chi connectivity index (χ1v) is 9.13. The highest BCUT2D eigenvalue weighted by molar-refractivity contribution is 5.97. The molecule has 6 heteroatoms. The van der Waals surface area contributed by atoms with Gasteiger partial charge in [0, 0.05) is 39.3 Å². The van der Waals surface area contributed by atoms with Crippen LogP contribution < -0.4 is 4.74 Å². The molecule has 1 saturated carbocycles. The second-order valence-electron chi connectivity index (χ2n) is 6.73. The lowest BCUT2D eigenvalue weighted by atomic mass is 10.1. The zero-order valence-corrected chi connectivity index (χ0v) is 14.9. The second-order valence-corrected chi connectivity index (χ2v) is 6.73. The van der Waals surface area contributed by atoms with Gasteiger partial charge in [0.1, 0.15) is 12.4 Å². The quantitative estimate of drug-likeness (QED) is 0.787. The molecule has 0 aromatic heterocycles. The van der Waals surface area contributed by atoms with Crippen LogP contribution in [0.1, 0.15) is 29.6 Å². The van der Waals surface area contributed by atoms with E-state index in [1.54, 1.807) is 7.11 Å². The summed E-state index contributed by atoms with van der Waals surface area (Å²) in [7, 11) is 1.63. The molecule has 2 fully saturated rings. The number of rotatable bonds is 6. The van der Waals surface area contributed by atoms with Crippen LogP contribution in [-0.4, -0.2) is 79.5 Å². The lowest BCUT2D eigenvalue weighted by molar-refractivity contribution is 0.0313. The van der Waals surface area contributed by atoms with Crippen molar-refractivity contribution in [1.29, 1.82) is 0 Å². The van der Waals surface area contributed by atoms with Crippen molar-refractivity contribution >= 4 is 5.91 Å². The van der Waals surface area contributed by atoms with Crippen molar-refractivity contribution in [2.75, 3.05) is 46.5 Å². The van der Waals surface area contributed by atoms with Gasteiger partial charge in [0.15, 0.2) is 0 Å². The molecule has 1 aromatic rings. The molecule has 2 atom stereocenters. The van der Waals surface area contributed by atoms with Gasteiger partial charge in [-0.25, -0.2) is 0 Å². The van der Waals surface area contributed by atoms with Crippen molar-refractivity contribution in [3.8, 4) is 5.75 Å². The standard InChI is InChI=1S/C19H28N2O4/c1-24-13-14-25-18-8-3-2-5-15(18)19(23)21-11-9-20(10-12-21)16-6-4-7-17(16)22/h2-3,5,8,16-17,22H,4,6-7,9-14H2,1H3/t16-,17-/m0/s1. The first-order valence-electron chi connectivity index (χ1n) is 9.13. The van der Waals surface area contributed by atoms with Gasteiger partial charge in [-0.05, 0) is 31.4 Å². The first-order chi connectivity index (χ1) is 12.2. The maximum atomic E-state index is 12.9. The lowest BCUT2D eigenvalue weighted by Crippen LogP contribution is -2.53. The normalized spacial score (nSPS) is 24.5. The van der Waals surface area contributed by atoms with E-state index in [0.29, 0.717) is 37.6 Å². The molecule has 0 unspecified atom stereocenters. The maximum absolute atomic E-state index is 12.9. The van der Waals surface area contributed by atoms with Gasteiger partial charge in [0.25, 0.3) is 5.91 Å². The number of hydrogen-bond donors (Lipinski definition) is 1. The number of piperazine rings is 1. The van der Waals surface area contributed by atoms with Crippen molar-refractivity contribution in [1.82, 2.24) is 9.80 Å². The van der Waals surface area contributed by atoms with Gasteiger partial charge in [-0.3, -0.25) is 9.69 Å². The molecule has 3 rings (SSSR count). The fourth-order valence-corrected chi connectivity index (χ4v) is 3.78. The molecule has 1 saturated heterocycles. The van der Waals surface area contributed by atoms with Crippen molar-refractivity contribution in [3.63, 3.8) is 0 Å². The Balaban J connectivity index is 1.59. The van der Waals surface area contributed by atoms with E-state index >= 15 is 0 Å². The number of aliphatic hydroxyl groups is 1. The number of para-hydroxylation sites is 1. The average molecular weight is 348 g/mol. The molecule has 0 spiro atoms.